The Morgan fingerprint density at radius 3 is 2.53 bits per heavy atom. The van der Waals surface area contributed by atoms with Crippen molar-refractivity contribution in [1.82, 2.24) is 14.9 Å². The van der Waals surface area contributed by atoms with E-state index in [1.807, 2.05) is 12.4 Å². The lowest BCUT2D eigenvalue weighted by Crippen LogP contribution is -2.44. The molecule has 1 aromatic heterocycles. The maximum atomic E-state index is 4.51. The number of nitrogens with one attached hydrogen (secondary N) is 1. The van der Waals surface area contributed by atoms with Crippen LogP contribution in [0.2, 0.25) is 0 Å². The highest BCUT2D eigenvalue weighted by Gasteiger charge is 2.15. The lowest BCUT2D eigenvalue weighted by molar-refractivity contribution is 0.312. The average molecular weight is 263 g/mol. The van der Waals surface area contributed by atoms with Crippen LogP contribution in [0.3, 0.4) is 0 Å². The molecule has 2 heterocycles. The molecule has 0 radical (unpaired) electrons. The molecule has 1 aliphatic rings. The highest BCUT2D eigenvalue weighted by atomic mass is 15.3. The molecule has 5 heteroatoms. The molecular weight excluding hydrogens is 238 g/mol. The third-order valence-electron chi connectivity index (χ3n) is 3.55. The first-order chi connectivity index (χ1) is 9.29. The van der Waals surface area contributed by atoms with Gasteiger partial charge in [0.15, 0.2) is 0 Å². The van der Waals surface area contributed by atoms with Crippen LogP contribution in [-0.2, 0) is 0 Å². The molecule has 0 aliphatic carbocycles. The Morgan fingerprint density at radius 2 is 1.89 bits per heavy atom. The summed E-state index contributed by atoms with van der Waals surface area (Å²) in [5.41, 5.74) is 0. The number of hydrogen-bond acceptors (Lipinski definition) is 5. The number of rotatable bonds is 6. The van der Waals surface area contributed by atoms with E-state index in [1.54, 1.807) is 0 Å². The number of likely N-dealkylation sites (N-methyl/N-ethyl adjacent to an activating group) is 1. The molecule has 0 saturated carbocycles. The minimum atomic E-state index is 0.883. The molecule has 0 bridgehead atoms. The van der Waals surface area contributed by atoms with Crippen molar-refractivity contribution in [1.29, 1.82) is 0 Å². The Hall–Kier alpha value is -1.36. The zero-order chi connectivity index (χ0) is 13.5. The minimum Gasteiger partial charge on any atom is -0.369 e. The van der Waals surface area contributed by atoms with Gasteiger partial charge in [-0.25, -0.2) is 9.97 Å². The number of nitrogens with zero attached hydrogens (tertiary/aromatic N) is 4. The van der Waals surface area contributed by atoms with E-state index < -0.39 is 0 Å². The van der Waals surface area contributed by atoms with Crippen molar-refractivity contribution >= 4 is 11.6 Å². The molecule has 0 unspecified atom stereocenters. The molecule has 1 aliphatic heterocycles. The SMILES string of the molecule is CCCCCNc1cnc(N2CCN(C)CC2)cn1. The van der Waals surface area contributed by atoms with Crippen LogP contribution in [0.1, 0.15) is 26.2 Å². The van der Waals surface area contributed by atoms with E-state index in [-0.39, 0.29) is 0 Å². The fourth-order valence-corrected chi connectivity index (χ4v) is 2.20. The molecular formula is C14H25N5. The Labute approximate surface area is 116 Å². The Morgan fingerprint density at radius 1 is 1.11 bits per heavy atom. The van der Waals surface area contributed by atoms with Gasteiger partial charge in [0.1, 0.15) is 11.6 Å². The van der Waals surface area contributed by atoms with E-state index in [0.29, 0.717) is 0 Å². The van der Waals surface area contributed by atoms with Gasteiger partial charge < -0.3 is 15.1 Å². The standard InChI is InChI=1S/C14H25N5/c1-3-4-5-6-15-13-11-17-14(12-16-13)19-9-7-18(2)8-10-19/h11-12H,3-10H2,1-2H3,(H,15,16). The summed E-state index contributed by atoms with van der Waals surface area (Å²) in [5, 5.41) is 3.32. The molecule has 19 heavy (non-hydrogen) atoms. The van der Waals surface area contributed by atoms with Gasteiger partial charge >= 0.3 is 0 Å². The second kappa shape index (κ2) is 7.28. The molecule has 0 aromatic carbocycles. The van der Waals surface area contributed by atoms with Crippen LogP contribution in [-0.4, -0.2) is 54.6 Å². The predicted octanol–water partition coefficient (Wildman–Crippen LogP) is 1.83. The summed E-state index contributed by atoms with van der Waals surface area (Å²) in [6, 6.07) is 0. The molecule has 1 saturated heterocycles. The molecule has 1 N–H and O–H groups in total. The van der Waals surface area contributed by atoms with Gasteiger partial charge in [-0.1, -0.05) is 19.8 Å². The first-order valence-electron chi connectivity index (χ1n) is 7.29. The van der Waals surface area contributed by atoms with E-state index in [9.17, 15) is 0 Å². The van der Waals surface area contributed by atoms with Gasteiger partial charge in [-0.05, 0) is 13.5 Å². The monoisotopic (exact) mass is 263 g/mol. The first-order valence-corrected chi connectivity index (χ1v) is 7.29. The van der Waals surface area contributed by atoms with E-state index in [2.05, 4.69) is 39.1 Å². The molecule has 5 nitrogen and oxygen atoms in total. The van der Waals surface area contributed by atoms with E-state index >= 15 is 0 Å². The van der Waals surface area contributed by atoms with E-state index in [4.69, 9.17) is 0 Å². The van der Waals surface area contributed by atoms with Gasteiger partial charge in [0, 0.05) is 32.7 Å². The van der Waals surface area contributed by atoms with E-state index in [0.717, 1.165) is 44.4 Å². The number of anilines is 2. The molecule has 0 atom stereocenters. The van der Waals surface area contributed by atoms with Crippen molar-refractivity contribution in [3.8, 4) is 0 Å². The topological polar surface area (TPSA) is 44.3 Å². The zero-order valence-corrected chi connectivity index (χ0v) is 12.1. The summed E-state index contributed by atoms with van der Waals surface area (Å²) in [7, 11) is 2.16. The van der Waals surface area contributed by atoms with Crippen LogP contribution in [0.15, 0.2) is 12.4 Å². The van der Waals surface area contributed by atoms with E-state index in [1.165, 1.54) is 19.3 Å². The lowest BCUT2D eigenvalue weighted by Gasteiger charge is -2.32. The van der Waals surface area contributed by atoms with Crippen LogP contribution < -0.4 is 10.2 Å². The molecule has 1 aromatic rings. The zero-order valence-electron chi connectivity index (χ0n) is 12.1. The van der Waals surface area contributed by atoms with Crippen molar-refractivity contribution in [3.63, 3.8) is 0 Å². The van der Waals surface area contributed by atoms with Gasteiger partial charge in [-0.2, -0.15) is 0 Å². The van der Waals surface area contributed by atoms with Gasteiger partial charge in [0.05, 0.1) is 12.4 Å². The summed E-state index contributed by atoms with van der Waals surface area (Å²) in [6.45, 7) is 7.46. The lowest BCUT2D eigenvalue weighted by atomic mass is 10.2. The fourth-order valence-electron chi connectivity index (χ4n) is 2.20. The van der Waals surface area contributed by atoms with Crippen molar-refractivity contribution < 1.29 is 0 Å². The van der Waals surface area contributed by atoms with Crippen molar-refractivity contribution in [2.24, 2.45) is 0 Å². The highest BCUT2D eigenvalue weighted by Crippen LogP contribution is 2.13. The summed E-state index contributed by atoms with van der Waals surface area (Å²) < 4.78 is 0. The minimum absolute atomic E-state index is 0.883. The Bertz CT molecular complexity index is 357. The summed E-state index contributed by atoms with van der Waals surface area (Å²) in [4.78, 5) is 13.6. The quantitative estimate of drug-likeness (QED) is 0.793. The average Bonchev–Trinajstić information content (AvgIpc) is 2.45. The highest BCUT2D eigenvalue weighted by molar-refractivity contribution is 5.41. The van der Waals surface area contributed by atoms with Crippen LogP contribution >= 0.6 is 0 Å². The van der Waals surface area contributed by atoms with Gasteiger partial charge in [0.25, 0.3) is 0 Å². The van der Waals surface area contributed by atoms with Crippen molar-refractivity contribution in [3.05, 3.63) is 12.4 Å². The fraction of sp³-hybridized carbons (Fsp3) is 0.714. The maximum absolute atomic E-state index is 4.51. The Kier molecular flexibility index (Phi) is 5.39. The van der Waals surface area contributed by atoms with Gasteiger partial charge in [0.2, 0.25) is 0 Å². The summed E-state index contributed by atoms with van der Waals surface area (Å²) >= 11 is 0. The molecule has 106 valence electrons. The number of aromatic nitrogens is 2. The van der Waals surface area contributed by atoms with Crippen LogP contribution in [0.5, 0.6) is 0 Å². The smallest absolute Gasteiger partial charge is 0.147 e. The van der Waals surface area contributed by atoms with Gasteiger partial charge in [-0.15, -0.1) is 0 Å². The molecule has 2 rings (SSSR count). The number of unbranched alkanes of at least 4 members (excludes halogenated alkanes) is 2. The number of hydrogen-bond donors (Lipinski definition) is 1. The largest absolute Gasteiger partial charge is 0.369 e. The van der Waals surface area contributed by atoms with Gasteiger partial charge in [-0.3, -0.25) is 0 Å². The second-order valence-corrected chi connectivity index (χ2v) is 5.18. The second-order valence-electron chi connectivity index (χ2n) is 5.18. The van der Waals surface area contributed by atoms with Crippen molar-refractivity contribution in [2.75, 3.05) is 50.0 Å². The summed E-state index contributed by atoms with van der Waals surface area (Å²) in [5.74, 6) is 1.88. The first kappa shape index (κ1) is 14.1. The maximum Gasteiger partial charge on any atom is 0.147 e. The molecule has 1 fully saturated rings. The third-order valence-corrected chi connectivity index (χ3v) is 3.55. The van der Waals surface area contributed by atoms with Crippen molar-refractivity contribution in [2.45, 2.75) is 26.2 Å². The van der Waals surface area contributed by atoms with Crippen LogP contribution in [0.4, 0.5) is 11.6 Å². The molecule has 0 spiro atoms. The van der Waals surface area contributed by atoms with Crippen LogP contribution in [0.25, 0.3) is 0 Å². The Balaban J connectivity index is 1.81. The van der Waals surface area contributed by atoms with Crippen LogP contribution in [0, 0.1) is 0 Å². The predicted molar refractivity (Wildman–Crippen MR) is 79.8 cm³/mol. The molecule has 0 amide bonds. The normalized spacial score (nSPS) is 16.6. The summed E-state index contributed by atoms with van der Waals surface area (Å²) in [6.07, 6.45) is 7.43. The number of piperazine rings is 1. The third kappa shape index (κ3) is 4.35.